The van der Waals surface area contributed by atoms with Gasteiger partial charge in [-0.15, -0.1) is 0 Å². The van der Waals surface area contributed by atoms with E-state index in [0.29, 0.717) is 15.9 Å². The van der Waals surface area contributed by atoms with E-state index in [2.05, 4.69) is 10.2 Å². The lowest BCUT2D eigenvalue weighted by Gasteiger charge is -2.05. The molecule has 0 amide bonds. The standard InChI is InChI=1S/C15H11Cl2N3/c16-11-5-1-9(2-6-11)13-14(19-20-15(13)18)10-3-7-12(17)8-4-10/h1-8H,(H3,18,19,20). The van der Waals surface area contributed by atoms with Gasteiger partial charge in [-0.3, -0.25) is 5.10 Å². The van der Waals surface area contributed by atoms with Crippen LogP contribution >= 0.6 is 23.2 Å². The van der Waals surface area contributed by atoms with Gasteiger partial charge < -0.3 is 5.73 Å². The molecule has 1 aromatic heterocycles. The molecule has 0 bridgehead atoms. The molecule has 1 heterocycles. The molecule has 100 valence electrons. The van der Waals surface area contributed by atoms with E-state index in [0.717, 1.165) is 22.4 Å². The predicted molar refractivity (Wildman–Crippen MR) is 83.9 cm³/mol. The van der Waals surface area contributed by atoms with E-state index in [4.69, 9.17) is 28.9 Å². The SMILES string of the molecule is Nc1n[nH]c(-c2ccc(Cl)cc2)c1-c1ccc(Cl)cc1. The zero-order valence-electron chi connectivity index (χ0n) is 10.4. The number of nitrogens with one attached hydrogen (secondary N) is 1. The zero-order valence-corrected chi connectivity index (χ0v) is 11.9. The number of nitrogen functional groups attached to an aromatic ring is 1. The summed E-state index contributed by atoms with van der Waals surface area (Å²) in [7, 11) is 0. The molecular formula is C15H11Cl2N3. The summed E-state index contributed by atoms with van der Waals surface area (Å²) in [5, 5.41) is 8.45. The third-order valence-electron chi connectivity index (χ3n) is 3.06. The van der Waals surface area contributed by atoms with Gasteiger partial charge in [0.1, 0.15) is 0 Å². The van der Waals surface area contributed by atoms with Gasteiger partial charge in [-0.1, -0.05) is 47.5 Å². The molecule has 0 saturated heterocycles. The fourth-order valence-electron chi connectivity index (χ4n) is 2.09. The van der Waals surface area contributed by atoms with Gasteiger partial charge in [0, 0.05) is 15.6 Å². The van der Waals surface area contributed by atoms with Crippen molar-refractivity contribution in [2.24, 2.45) is 0 Å². The maximum absolute atomic E-state index is 5.98. The third-order valence-corrected chi connectivity index (χ3v) is 3.56. The molecular weight excluding hydrogens is 293 g/mol. The maximum atomic E-state index is 5.98. The summed E-state index contributed by atoms with van der Waals surface area (Å²) in [5.41, 5.74) is 9.64. The van der Waals surface area contributed by atoms with Crippen molar-refractivity contribution in [1.29, 1.82) is 0 Å². The Labute approximate surface area is 126 Å². The van der Waals surface area contributed by atoms with Gasteiger partial charge in [-0.05, 0) is 29.8 Å². The Bertz CT molecular complexity index is 731. The van der Waals surface area contributed by atoms with Gasteiger partial charge in [0.05, 0.1) is 11.3 Å². The number of nitrogens with two attached hydrogens (primary N) is 1. The van der Waals surface area contributed by atoms with Crippen LogP contribution in [0.2, 0.25) is 10.0 Å². The molecule has 0 saturated carbocycles. The molecule has 2 aromatic carbocycles. The van der Waals surface area contributed by atoms with Crippen LogP contribution in [0.4, 0.5) is 5.82 Å². The van der Waals surface area contributed by atoms with Gasteiger partial charge in [0.2, 0.25) is 0 Å². The summed E-state index contributed by atoms with van der Waals surface area (Å²) in [6.07, 6.45) is 0. The molecule has 0 aliphatic heterocycles. The second-order valence-corrected chi connectivity index (χ2v) is 5.25. The summed E-state index contributed by atoms with van der Waals surface area (Å²) in [4.78, 5) is 0. The quantitative estimate of drug-likeness (QED) is 0.725. The van der Waals surface area contributed by atoms with Crippen LogP contribution in [-0.2, 0) is 0 Å². The molecule has 0 fully saturated rings. The largest absolute Gasteiger partial charge is 0.382 e. The number of H-pyrrole nitrogens is 1. The Morgan fingerprint density at radius 2 is 1.30 bits per heavy atom. The van der Waals surface area contributed by atoms with Crippen LogP contribution in [-0.4, -0.2) is 10.2 Å². The molecule has 20 heavy (non-hydrogen) atoms. The van der Waals surface area contributed by atoms with E-state index in [1.165, 1.54) is 0 Å². The second-order valence-electron chi connectivity index (χ2n) is 4.37. The molecule has 0 radical (unpaired) electrons. The van der Waals surface area contributed by atoms with Crippen molar-refractivity contribution >= 4 is 29.0 Å². The number of halogens is 2. The third kappa shape index (κ3) is 2.38. The van der Waals surface area contributed by atoms with Gasteiger partial charge >= 0.3 is 0 Å². The van der Waals surface area contributed by atoms with E-state index < -0.39 is 0 Å². The summed E-state index contributed by atoms with van der Waals surface area (Å²) < 4.78 is 0. The van der Waals surface area contributed by atoms with Gasteiger partial charge in [0.25, 0.3) is 0 Å². The second kappa shape index (κ2) is 5.19. The van der Waals surface area contributed by atoms with Crippen LogP contribution in [0.1, 0.15) is 0 Å². The molecule has 3 N–H and O–H groups in total. The lowest BCUT2D eigenvalue weighted by molar-refractivity contribution is 1.10. The minimum Gasteiger partial charge on any atom is -0.382 e. The average Bonchev–Trinajstić information content (AvgIpc) is 2.83. The highest BCUT2D eigenvalue weighted by atomic mass is 35.5. The van der Waals surface area contributed by atoms with Crippen LogP contribution in [0, 0.1) is 0 Å². The normalized spacial score (nSPS) is 10.7. The number of anilines is 1. The minimum atomic E-state index is 0.456. The van der Waals surface area contributed by atoms with Crippen molar-refractivity contribution in [2.45, 2.75) is 0 Å². The summed E-state index contributed by atoms with van der Waals surface area (Å²) in [6, 6.07) is 15.0. The van der Waals surface area contributed by atoms with E-state index in [9.17, 15) is 0 Å². The van der Waals surface area contributed by atoms with Crippen molar-refractivity contribution in [1.82, 2.24) is 10.2 Å². The van der Waals surface area contributed by atoms with Crippen LogP contribution in [0.15, 0.2) is 48.5 Å². The lowest BCUT2D eigenvalue weighted by Crippen LogP contribution is -1.88. The van der Waals surface area contributed by atoms with E-state index in [1.54, 1.807) is 0 Å². The van der Waals surface area contributed by atoms with Crippen molar-refractivity contribution in [2.75, 3.05) is 5.73 Å². The predicted octanol–water partition coefficient (Wildman–Crippen LogP) is 4.63. The number of aromatic nitrogens is 2. The van der Waals surface area contributed by atoms with E-state index >= 15 is 0 Å². The molecule has 0 spiro atoms. The van der Waals surface area contributed by atoms with Gasteiger partial charge in [-0.2, -0.15) is 5.10 Å². The first-order valence-electron chi connectivity index (χ1n) is 6.01. The smallest absolute Gasteiger partial charge is 0.153 e. The molecule has 0 aliphatic carbocycles. The molecule has 5 heteroatoms. The summed E-state index contributed by atoms with van der Waals surface area (Å²) in [5.74, 6) is 0.456. The fourth-order valence-corrected chi connectivity index (χ4v) is 2.34. The molecule has 0 unspecified atom stereocenters. The average molecular weight is 304 g/mol. The molecule has 3 aromatic rings. The van der Waals surface area contributed by atoms with Crippen molar-refractivity contribution < 1.29 is 0 Å². The van der Waals surface area contributed by atoms with Crippen molar-refractivity contribution in [3.63, 3.8) is 0 Å². The lowest BCUT2D eigenvalue weighted by atomic mass is 10.0. The molecule has 3 rings (SSSR count). The van der Waals surface area contributed by atoms with Crippen LogP contribution < -0.4 is 5.73 Å². The topological polar surface area (TPSA) is 54.7 Å². The number of rotatable bonds is 2. The van der Waals surface area contributed by atoms with Gasteiger partial charge in [0.15, 0.2) is 5.82 Å². The number of benzene rings is 2. The fraction of sp³-hybridized carbons (Fsp3) is 0. The first kappa shape index (κ1) is 13.0. The molecule has 3 nitrogen and oxygen atoms in total. The highest BCUT2D eigenvalue weighted by Crippen LogP contribution is 2.35. The Morgan fingerprint density at radius 3 is 1.85 bits per heavy atom. The van der Waals surface area contributed by atoms with Crippen molar-refractivity contribution in [3.05, 3.63) is 58.6 Å². The monoisotopic (exact) mass is 303 g/mol. The van der Waals surface area contributed by atoms with Crippen LogP contribution in [0.3, 0.4) is 0 Å². The Morgan fingerprint density at radius 1 is 0.800 bits per heavy atom. The highest BCUT2D eigenvalue weighted by Gasteiger charge is 2.14. The first-order valence-corrected chi connectivity index (χ1v) is 6.76. The maximum Gasteiger partial charge on any atom is 0.153 e. The Balaban J connectivity index is 2.14. The summed E-state index contributed by atoms with van der Waals surface area (Å²) >= 11 is 11.8. The highest BCUT2D eigenvalue weighted by molar-refractivity contribution is 6.31. The van der Waals surface area contributed by atoms with Crippen LogP contribution in [0.25, 0.3) is 22.4 Å². The van der Waals surface area contributed by atoms with E-state index in [1.807, 2.05) is 48.5 Å². The minimum absolute atomic E-state index is 0.456. The first-order chi connectivity index (χ1) is 9.65. The Hall–Kier alpha value is -1.97. The van der Waals surface area contributed by atoms with Crippen LogP contribution in [0.5, 0.6) is 0 Å². The number of hydrogen-bond donors (Lipinski definition) is 2. The zero-order chi connectivity index (χ0) is 14.1. The van der Waals surface area contributed by atoms with Crippen molar-refractivity contribution in [3.8, 4) is 22.4 Å². The molecule has 0 aliphatic rings. The molecule has 0 atom stereocenters. The van der Waals surface area contributed by atoms with E-state index in [-0.39, 0.29) is 0 Å². The number of nitrogens with zero attached hydrogens (tertiary/aromatic N) is 1. The van der Waals surface area contributed by atoms with Gasteiger partial charge in [-0.25, -0.2) is 0 Å². The number of aromatic amines is 1. The summed E-state index contributed by atoms with van der Waals surface area (Å²) in [6.45, 7) is 0. The Kier molecular flexibility index (Phi) is 3.38. The number of hydrogen-bond acceptors (Lipinski definition) is 2.